The number of halogens is 1. The van der Waals surface area contributed by atoms with E-state index in [-0.39, 0.29) is 5.91 Å². The van der Waals surface area contributed by atoms with Crippen molar-refractivity contribution in [3.8, 4) is 11.3 Å². The number of carbonyl (C=O) groups is 1. The summed E-state index contributed by atoms with van der Waals surface area (Å²) in [5.41, 5.74) is 4.19. The number of hydrogen-bond acceptors (Lipinski definition) is 2. The van der Waals surface area contributed by atoms with Gasteiger partial charge in [0.1, 0.15) is 11.5 Å². The molecular weight excluding hydrogens is 378 g/mol. The van der Waals surface area contributed by atoms with E-state index in [0.29, 0.717) is 17.9 Å². The third-order valence-electron chi connectivity index (χ3n) is 4.69. The average Bonchev–Trinajstić information content (AvgIpc) is 3.03. The SMILES string of the molecule is Cc1oc(-c2ccc(Br)cc2)cc1C(=O)N1CCc2ccccc2C1. The van der Waals surface area contributed by atoms with Crippen molar-refractivity contribution in [1.82, 2.24) is 4.90 Å². The number of hydrogen-bond donors (Lipinski definition) is 0. The molecule has 2 heterocycles. The summed E-state index contributed by atoms with van der Waals surface area (Å²) in [7, 11) is 0. The first-order valence-electron chi connectivity index (χ1n) is 8.34. The van der Waals surface area contributed by atoms with Crippen LogP contribution < -0.4 is 0 Å². The van der Waals surface area contributed by atoms with Gasteiger partial charge in [0, 0.05) is 23.1 Å². The quantitative estimate of drug-likeness (QED) is 0.596. The molecule has 0 bridgehead atoms. The summed E-state index contributed by atoms with van der Waals surface area (Å²) in [4.78, 5) is 14.9. The van der Waals surface area contributed by atoms with Gasteiger partial charge in [-0.15, -0.1) is 0 Å². The molecule has 4 heteroatoms. The zero-order valence-corrected chi connectivity index (χ0v) is 15.5. The average molecular weight is 396 g/mol. The van der Waals surface area contributed by atoms with Crippen LogP contribution in [-0.2, 0) is 13.0 Å². The normalized spacial score (nSPS) is 13.6. The zero-order chi connectivity index (χ0) is 17.4. The summed E-state index contributed by atoms with van der Waals surface area (Å²) < 4.78 is 6.88. The highest BCUT2D eigenvalue weighted by Gasteiger charge is 2.25. The minimum Gasteiger partial charge on any atom is -0.461 e. The van der Waals surface area contributed by atoms with Gasteiger partial charge in [-0.1, -0.05) is 52.3 Å². The molecule has 0 spiro atoms. The van der Waals surface area contributed by atoms with Crippen molar-refractivity contribution in [2.24, 2.45) is 0 Å². The van der Waals surface area contributed by atoms with E-state index in [9.17, 15) is 4.79 Å². The molecule has 1 aliphatic heterocycles. The summed E-state index contributed by atoms with van der Waals surface area (Å²) in [5, 5.41) is 0. The Kier molecular flexibility index (Phi) is 4.22. The van der Waals surface area contributed by atoms with Crippen molar-refractivity contribution < 1.29 is 9.21 Å². The van der Waals surface area contributed by atoms with Gasteiger partial charge in [0.2, 0.25) is 0 Å². The van der Waals surface area contributed by atoms with Crippen molar-refractivity contribution in [3.05, 3.63) is 81.5 Å². The van der Waals surface area contributed by atoms with E-state index in [1.165, 1.54) is 11.1 Å². The predicted octanol–water partition coefficient (Wildman–Crippen LogP) is 5.22. The van der Waals surface area contributed by atoms with Gasteiger partial charge < -0.3 is 9.32 Å². The Bertz CT molecular complexity index is 927. The molecule has 0 saturated heterocycles. The van der Waals surface area contributed by atoms with Crippen LogP contribution in [0.25, 0.3) is 11.3 Å². The summed E-state index contributed by atoms with van der Waals surface area (Å²) in [6.07, 6.45) is 0.901. The highest BCUT2D eigenvalue weighted by molar-refractivity contribution is 9.10. The first kappa shape index (κ1) is 16.2. The molecule has 0 radical (unpaired) electrons. The van der Waals surface area contributed by atoms with Crippen LogP contribution >= 0.6 is 15.9 Å². The van der Waals surface area contributed by atoms with Crippen LogP contribution in [0.1, 0.15) is 27.2 Å². The maximum Gasteiger partial charge on any atom is 0.257 e. The number of fused-ring (bicyclic) bond motifs is 1. The van der Waals surface area contributed by atoms with Crippen molar-refractivity contribution >= 4 is 21.8 Å². The molecule has 1 aromatic heterocycles. The lowest BCUT2D eigenvalue weighted by Crippen LogP contribution is -2.36. The molecule has 3 nitrogen and oxygen atoms in total. The molecule has 0 saturated carbocycles. The van der Waals surface area contributed by atoms with Crippen LogP contribution in [0, 0.1) is 6.92 Å². The van der Waals surface area contributed by atoms with E-state index in [1.807, 2.05) is 48.2 Å². The minimum absolute atomic E-state index is 0.0408. The van der Waals surface area contributed by atoms with Gasteiger partial charge in [-0.3, -0.25) is 4.79 Å². The molecule has 0 fully saturated rings. The van der Waals surface area contributed by atoms with E-state index in [1.54, 1.807) is 0 Å². The topological polar surface area (TPSA) is 33.5 Å². The smallest absolute Gasteiger partial charge is 0.257 e. The van der Waals surface area contributed by atoms with Crippen LogP contribution in [0.3, 0.4) is 0 Å². The standard InChI is InChI=1S/C21H18BrNO2/c1-14-19(12-20(25-14)16-6-8-18(22)9-7-16)21(24)23-11-10-15-4-2-3-5-17(15)13-23/h2-9,12H,10-11,13H2,1H3. The van der Waals surface area contributed by atoms with Gasteiger partial charge in [0.05, 0.1) is 5.56 Å². The first-order valence-corrected chi connectivity index (χ1v) is 9.13. The van der Waals surface area contributed by atoms with Crippen LogP contribution in [0.5, 0.6) is 0 Å². The molecule has 0 aliphatic carbocycles. The van der Waals surface area contributed by atoms with Crippen molar-refractivity contribution in [2.75, 3.05) is 6.54 Å². The largest absolute Gasteiger partial charge is 0.461 e. The summed E-state index contributed by atoms with van der Waals surface area (Å²) >= 11 is 3.43. The van der Waals surface area contributed by atoms with Crippen LogP contribution in [0.4, 0.5) is 0 Å². The van der Waals surface area contributed by atoms with Gasteiger partial charge >= 0.3 is 0 Å². The predicted molar refractivity (Wildman–Crippen MR) is 101 cm³/mol. The molecule has 1 amide bonds. The molecule has 0 atom stereocenters. The third-order valence-corrected chi connectivity index (χ3v) is 5.22. The molecule has 1 aliphatic rings. The second-order valence-corrected chi connectivity index (χ2v) is 7.25. The highest BCUT2D eigenvalue weighted by Crippen LogP contribution is 2.28. The van der Waals surface area contributed by atoms with Crippen LogP contribution in [0.2, 0.25) is 0 Å². The molecule has 0 unspecified atom stereocenters. The molecule has 3 aromatic rings. The monoisotopic (exact) mass is 395 g/mol. The molecule has 126 valence electrons. The van der Waals surface area contributed by atoms with E-state index in [2.05, 4.69) is 34.1 Å². The number of amides is 1. The Morgan fingerprint density at radius 1 is 1.08 bits per heavy atom. The highest BCUT2D eigenvalue weighted by atomic mass is 79.9. The fourth-order valence-electron chi connectivity index (χ4n) is 3.29. The lowest BCUT2D eigenvalue weighted by atomic mass is 9.99. The van der Waals surface area contributed by atoms with Crippen LogP contribution in [0.15, 0.2) is 63.5 Å². The number of aryl methyl sites for hydroxylation is 1. The number of rotatable bonds is 2. The Hall–Kier alpha value is -2.33. The summed E-state index contributed by atoms with van der Waals surface area (Å²) in [6.45, 7) is 3.26. The number of furan rings is 1. The van der Waals surface area contributed by atoms with E-state index in [0.717, 1.165) is 28.8 Å². The minimum atomic E-state index is 0.0408. The van der Waals surface area contributed by atoms with Gasteiger partial charge in [0.25, 0.3) is 5.91 Å². The zero-order valence-electron chi connectivity index (χ0n) is 14.0. The lowest BCUT2D eigenvalue weighted by Gasteiger charge is -2.28. The van der Waals surface area contributed by atoms with Gasteiger partial charge in [-0.05, 0) is 42.7 Å². The molecular formula is C21H18BrNO2. The van der Waals surface area contributed by atoms with E-state index < -0.39 is 0 Å². The molecule has 0 N–H and O–H groups in total. The Morgan fingerprint density at radius 2 is 1.80 bits per heavy atom. The fraction of sp³-hybridized carbons (Fsp3) is 0.190. The second-order valence-electron chi connectivity index (χ2n) is 6.33. The molecule has 4 rings (SSSR count). The maximum atomic E-state index is 13.0. The Morgan fingerprint density at radius 3 is 2.56 bits per heavy atom. The van der Waals surface area contributed by atoms with Gasteiger partial charge in [-0.25, -0.2) is 0 Å². The van der Waals surface area contributed by atoms with Crippen LogP contribution in [-0.4, -0.2) is 17.4 Å². The third kappa shape index (κ3) is 3.14. The Balaban J connectivity index is 1.60. The van der Waals surface area contributed by atoms with Crippen molar-refractivity contribution in [2.45, 2.75) is 19.9 Å². The maximum absolute atomic E-state index is 13.0. The summed E-state index contributed by atoms with van der Waals surface area (Å²) in [6, 6.07) is 18.1. The number of carbonyl (C=O) groups excluding carboxylic acids is 1. The number of nitrogens with zero attached hydrogens (tertiary/aromatic N) is 1. The van der Waals surface area contributed by atoms with E-state index >= 15 is 0 Å². The van der Waals surface area contributed by atoms with Crippen molar-refractivity contribution in [1.29, 1.82) is 0 Å². The van der Waals surface area contributed by atoms with E-state index in [4.69, 9.17) is 4.42 Å². The Labute approximate surface area is 155 Å². The lowest BCUT2D eigenvalue weighted by molar-refractivity contribution is 0.0733. The second kappa shape index (κ2) is 6.52. The first-order chi connectivity index (χ1) is 12.1. The number of benzene rings is 2. The molecule has 2 aromatic carbocycles. The van der Waals surface area contributed by atoms with Gasteiger partial charge in [-0.2, -0.15) is 0 Å². The summed E-state index contributed by atoms with van der Waals surface area (Å²) in [5.74, 6) is 1.44. The molecule has 25 heavy (non-hydrogen) atoms. The fourth-order valence-corrected chi connectivity index (χ4v) is 3.55. The van der Waals surface area contributed by atoms with Crippen molar-refractivity contribution in [3.63, 3.8) is 0 Å². The van der Waals surface area contributed by atoms with Gasteiger partial charge in [0.15, 0.2) is 0 Å².